The van der Waals surface area contributed by atoms with Crippen LogP contribution in [0.15, 0.2) is 0 Å². The number of carbonyl (C=O) groups excluding carboxylic acids is 1. The summed E-state index contributed by atoms with van der Waals surface area (Å²) in [6.07, 6.45) is 4.21. The molecule has 104 valence electrons. The molecule has 1 aliphatic heterocycles. The molecule has 4 heteroatoms. The van der Waals surface area contributed by atoms with E-state index in [0.29, 0.717) is 5.92 Å². The molecule has 1 aliphatic carbocycles. The first-order chi connectivity index (χ1) is 8.36. The van der Waals surface area contributed by atoms with Gasteiger partial charge in [-0.05, 0) is 51.4 Å². The highest BCUT2D eigenvalue weighted by molar-refractivity contribution is 5.68. The Hall–Kier alpha value is -0.770. The number of hydrogen-bond donors (Lipinski definition) is 1. The molecule has 4 nitrogen and oxygen atoms in total. The molecule has 0 aromatic heterocycles. The standard InChI is InChI=1S/C14H25NO3/c1-13(2,3)18-12(17)15-8-7-14(10-15)6-4-5-11(14)9-16/h11,16H,4-10H2,1-3H3/t11-,14-/m0/s1. The molecule has 18 heavy (non-hydrogen) atoms. The summed E-state index contributed by atoms with van der Waals surface area (Å²) in [5, 5.41) is 9.47. The van der Waals surface area contributed by atoms with Crippen LogP contribution < -0.4 is 0 Å². The number of aliphatic hydroxyl groups is 1. The third-order valence-corrected chi connectivity index (χ3v) is 4.35. The smallest absolute Gasteiger partial charge is 0.410 e. The average Bonchev–Trinajstić information content (AvgIpc) is 2.84. The van der Waals surface area contributed by atoms with Crippen LogP contribution in [0.4, 0.5) is 4.79 Å². The van der Waals surface area contributed by atoms with Crippen molar-refractivity contribution in [1.29, 1.82) is 0 Å². The lowest BCUT2D eigenvalue weighted by Crippen LogP contribution is -2.38. The molecule has 0 aromatic rings. The van der Waals surface area contributed by atoms with Crippen LogP contribution in [0.2, 0.25) is 0 Å². The van der Waals surface area contributed by atoms with Crippen LogP contribution in [0.5, 0.6) is 0 Å². The second-order valence-electron chi connectivity index (χ2n) is 6.79. The van der Waals surface area contributed by atoms with E-state index in [9.17, 15) is 9.90 Å². The Kier molecular flexibility index (Phi) is 3.58. The fourth-order valence-electron chi connectivity index (χ4n) is 3.41. The summed E-state index contributed by atoms with van der Waals surface area (Å²) in [6.45, 7) is 7.45. The molecule has 2 rings (SSSR count). The van der Waals surface area contributed by atoms with Crippen molar-refractivity contribution in [3.05, 3.63) is 0 Å². The minimum absolute atomic E-state index is 0.158. The van der Waals surface area contributed by atoms with Gasteiger partial charge >= 0.3 is 6.09 Å². The van der Waals surface area contributed by atoms with E-state index in [1.807, 2.05) is 25.7 Å². The Bertz CT molecular complexity index is 323. The van der Waals surface area contributed by atoms with Crippen LogP contribution in [0, 0.1) is 11.3 Å². The van der Waals surface area contributed by atoms with Crippen molar-refractivity contribution in [2.45, 2.75) is 52.1 Å². The van der Waals surface area contributed by atoms with Crippen molar-refractivity contribution < 1.29 is 14.6 Å². The zero-order valence-corrected chi connectivity index (χ0v) is 11.7. The Balaban J connectivity index is 1.98. The predicted octanol–water partition coefficient (Wildman–Crippen LogP) is 2.41. The lowest BCUT2D eigenvalue weighted by atomic mass is 9.77. The minimum atomic E-state index is -0.432. The fourth-order valence-corrected chi connectivity index (χ4v) is 3.41. The Morgan fingerprint density at radius 3 is 2.78 bits per heavy atom. The number of amides is 1. The van der Waals surface area contributed by atoms with Crippen molar-refractivity contribution in [3.8, 4) is 0 Å². The van der Waals surface area contributed by atoms with Gasteiger partial charge in [0, 0.05) is 19.7 Å². The summed E-state index contributed by atoms with van der Waals surface area (Å²) >= 11 is 0. The summed E-state index contributed by atoms with van der Waals surface area (Å²) in [5.41, 5.74) is -0.273. The lowest BCUT2D eigenvalue weighted by Gasteiger charge is -2.30. The molecule has 1 N–H and O–H groups in total. The minimum Gasteiger partial charge on any atom is -0.444 e. The first-order valence-electron chi connectivity index (χ1n) is 6.95. The first kappa shape index (κ1) is 13.7. The van der Waals surface area contributed by atoms with E-state index >= 15 is 0 Å². The summed E-state index contributed by atoms with van der Waals surface area (Å²) in [6, 6.07) is 0. The molecular formula is C14H25NO3. The number of ether oxygens (including phenoxy) is 1. The van der Waals surface area contributed by atoms with Crippen molar-refractivity contribution in [2.24, 2.45) is 11.3 Å². The van der Waals surface area contributed by atoms with Crippen molar-refractivity contribution in [1.82, 2.24) is 4.90 Å². The summed E-state index contributed by atoms with van der Waals surface area (Å²) in [7, 11) is 0. The molecule has 1 amide bonds. The van der Waals surface area contributed by atoms with Crippen LogP contribution in [-0.2, 0) is 4.74 Å². The SMILES string of the molecule is CC(C)(C)OC(=O)N1CC[C@@]2(CCC[C@H]2CO)C1. The third kappa shape index (κ3) is 2.63. The molecule has 1 heterocycles. The van der Waals surface area contributed by atoms with Crippen molar-refractivity contribution in [2.75, 3.05) is 19.7 Å². The molecule has 2 aliphatic rings. The van der Waals surface area contributed by atoms with E-state index in [1.165, 1.54) is 6.42 Å². The summed E-state index contributed by atoms with van der Waals surface area (Å²) in [5.74, 6) is 0.366. The van der Waals surface area contributed by atoms with Gasteiger partial charge < -0.3 is 14.7 Å². The highest BCUT2D eigenvalue weighted by Crippen LogP contribution is 2.49. The zero-order valence-electron chi connectivity index (χ0n) is 11.7. The van der Waals surface area contributed by atoms with Gasteiger partial charge in [0.05, 0.1) is 0 Å². The molecule has 0 radical (unpaired) electrons. The number of likely N-dealkylation sites (tertiary alicyclic amines) is 1. The van der Waals surface area contributed by atoms with E-state index in [4.69, 9.17) is 4.74 Å². The third-order valence-electron chi connectivity index (χ3n) is 4.35. The maximum absolute atomic E-state index is 12.0. The number of hydrogen-bond acceptors (Lipinski definition) is 3. The van der Waals surface area contributed by atoms with Gasteiger partial charge in [0.2, 0.25) is 0 Å². The number of carbonyl (C=O) groups is 1. The normalized spacial score (nSPS) is 32.2. The average molecular weight is 255 g/mol. The number of rotatable bonds is 1. The largest absolute Gasteiger partial charge is 0.444 e. The Morgan fingerprint density at radius 2 is 2.17 bits per heavy atom. The molecule has 2 fully saturated rings. The topological polar surface area (TPSA) is 49.8 Å². The highest BCUT2D eigenvalue weighted by atomic mass is 16.6. The molecule has 1 spiro atoms. The van der Waals surface area contributed by atoms with E-state index in [2.05, 4.69) is 0 Å². The highest BCUT2D eigenvalue weighted by Gasteiger charge is 2.48. The van der Waals surface area contributed by atoms with Gasteiger partial charge in [-0.1, -0.05) is 6.42 Å². The molecule has 1 saturated carbocycles. The van der Waals surface area contributed by atoms with E-state index in [-0.39, 0.29) is 18.1 Å². The van der Waals surface area contributed by atoms with Crippen LogP contribution in [-0.4, -0.2) is 41.4 Å². The predicted molar refractivity (Wildman–Crippen MR) is 69.3 cm³/mol. The number of nitrogens with zero attached hydrogens (tertiary/aromatic N) is 1. The molecule has 0 aromatic carbocycles. The maximum Gasteiger partial charge on any atom is 0.410 e. The monoisotopic (exact) mass is 255 g/mol. The Labute approximate surface area is 109 Å². The van der Waals surface area contributed by atoms with Crippen molar-refractivity contribution >= 4 is 6.09 Å². The van der Waals surface area contributed by atoms with Crippen LogP contribution in [0.3, 0.4) is 0 Å². The molecule has 1 saturated heterocycles. The second-order valence-corrected chi connectivity index (χ2v) is 6.79. The van der Waals surface area contributed by atoms with Gasteiger partial charge in [0.25, 0.3) is 0 Å². The quantitative estimate of drug-likeness (QED) is 0.782. The van der Waals surface area contributed by atoms with Crippen LogP contribution in [0.25, 0.3) is 0 Å². The van der Waals surface area contributed by atoms with E-state index in [0.717, 1.165) is 32.4 Å². The Morgan fingerprint density at radius 1 is 1.44 bits per heavy atom. The number of aliphatic hydroxyl groups excluding tert-OH is 1. The van der Waals surface area contributed by atoms with Crippen molar-refractivity contribution in [3.63, 3.8) is 0 Å². The van der Waals surface area contributed by atoms with Crippen LogP contribution in [0.1, 0.15) is 46.5 Å². The van der Waals surface area contributed by atoms with Gasteiger partial charge in [0.1, 0.15) is 5.60 Å². The van der Waals surface area contributed by atoms with Gasteiger partial charge in [-0.25, -0.2) is 4.79 Å². The van der Waals surface area contributed by atoms with Crippen LogP contribution >= 0.6 is 0 Å². The zero-order chi connectivity index (χ0) is 13.4. The van der Waals surface area contributed by atoms with Gasteiger partial charge in [-0.15, -0.1) is 0 Å². The molecule has 0 bridgehead atoms. The maximum atomic E-state index is 12.0. The summed E-state index contributed by atoms with van der Waals surface area (Å²) in [4.78, 5) is 13.9. The summed E-state index contributed by atoms with van der Waals surface area (Å²) < 4.78 is 5.42. The van der Waals surface area contributed by atoms with Gasteiger partial charge in [-0.3, -0.25) is 0 Å². The molecule has 2 atom stereocenters. The first-order valence-corrected chi connectivity index (χ1v) is 6.95. The molecule has 0 unspecified atom stereocenters. The fraction of sp³-hybridized carbons (Fsp3) is 0.929. The van der Waals surface area contributed by atoms with E-state index < -0.39 is 5.60 Å². The second kappa shape index (κ2) is 4.72. The van der Waals surface area contributed by atoms with E-state index in [1.54, 1.807) is 0 Å². The molecular weight excluding hydrogens is 230 g/mol. The van der Waals surface area contributed by atoms with Gasteiger partial charge in [0.15, 0.2) is 0 Å². The van der Waals surface area contributed by atoms with Gasteiger partial charge in [-0.2, -0.15) is 0 Å². The lowest BCUT2D eigenvalue weighted by molar-refractivity contribution is 0.0250.